The highest BCUT2D eigenvalue weighted by Gasteiger charge is 2.24. The van der Waals surface area contributed by atoms with Crippen LogP contribution < -0.4 is 10.2 Å². The number of anilines is 2. The van der Waals surface area contributed by atoms with Crippen LogP contribution in [0, 0.1) is 0 Å². The Labute approximate surface area is 143 Å². The zero-order valence-electron chi connectivity index (χ0n) is 14.5. The van der Waals surface area contributed by atoms with Gasteiger partial charge in [0.1, 0.15) is 5.82 Å². The lowest BCUT2D eigenvalue weighted by Gasteiger charge is -2.36. The number of nitrogens with zero attached hydrogens (tertiary/aromatic N) is 3. The van der Waals surface area contributed by atoms with Crippen molar-refractivity contribution in [1.82, 2.24) is 9.97 Å². The van der Waals surface area contributed by atoms with Crippen LogP contribution in [0.2, 0.25) is 0 Å². The Hall–Kier alpha value is -2.14. The number of aliphatic hydroxyl groups excluding tert-OH is 1. The summed E-state index contributed by atoms with van der Waals surface area (Å²) in [6.45, 7) is 6.10. The first-order chi connectivity index (χ1) is 11.7. The highest BCUT2D eigenvalue weighted by Crippen LogP contribution is 2.28. The van der Waals surface area contributed by atoms with Gasteiger partial charge in [-0.1, -0.05) is 31.2 Å². The average Bonchev–Trinajstić information content (AvgIpc) is 2.61. The summed E-state index contributed by atoms with van der Waals surface area (Å²) in [7, 11) is 0. The van der Waals surface area contributed by atoms with Gasteiger partial charge >= 0.3 is 0 Å². The minimum Gasteiger partial charge on any atom is -0.396 e. The van der Waals surface area contributed by atoms with Gasteiger partial charge in [0.2, 0.25) is 5.95 Å². The van der Waals surface area contributed by atoms with Crippen LogP contribution in [0.4, 0.5) is 11.8 Å². The first-order valence-electron chi connectivity index (χ1n) is 8.77. The van der Waals surface area contributed by atoms with Crippen LogP contribution in [-0.2, 0) is 19.4 Å². The highest BCUT2D eigenvalue weighted by molar-refractivity contribution is 5.49. The smallest absolute Gasteiger partial charge is 0.224 e. The van der Waals surface area contributed by atoms with Crippen molar-refractivity contribution in [3.05, 3.63) is 47.2 Å². The molecule has 1 aliphatic rings. The molecular formula is C19H26N4O. The van der Waals surface area contributed by atoms with Gasteiger partial charge in [-0.05, 0) is 37.3 Å². The molecule has 5 heteroatoms. The lowest BCUT2D eigenvalue weighted by molar-refractivity contribution is 0.292. The minimum absolute atomic E-state index is 0.174. The van der Waals surface area contributed by atoms with E-state index in [-0.39, 0.29) is 6.61 Å². The van der Waals surface area contributed by atoms with Gasteiger partial charge in [0.25, 0.3) is 0 Å². The molecule has 0 saturated heterocycles. The predicted molar refractivity (Wildman–Crippen MR) is 97.4 cm³/mol. The number of hydrogen-bond donors (Lipinski definition) is 2. The van der Waals surface area contributed by atoms with E-state index >= 15 is 0 Å². The Morgan fingerprint density at radius 3 is 2.79 bits per heavy atom. The number of aliphatic hydroxyl groups is 1. The molecule has 0 saturated carbocycles. The predicted octanol–water partition coefficient (Wildman–Crippen LogP) is 2.78. The van der Waals surface area contributed by atoms with Crippen LogP contribution >= 0.6 is 0 Å². The Kier molecular flexibility index (Phi) is 5.30. The summed E-state index contributed by atoms with van der Waals surface area (Å²) in [5.74, 6) is 1.64. The van der Waals surface area contributed by atoms with Gasteiger partial charge in [-0.2, -0.15) is 4.98 Å². The Balaban J connectivity index is 1.86. The molecule has 1 atom stereocenters. The van der Waals surface area contributed by atoms with Crippen molar-refractivity contribution in [1.29, 1.82) is 0 Å². The second kappa shape index (κ2) is 7.62. The molecule has 1 aliphatic heterocycles. The molecule has 0 spiro atoms. The average molecular weight is 326 g/mol. The number of aromatic nitrogens is 2. The van der Waals surface area contributed by atoms with Crippen molar-refractivity contribution in [2.45, 2.75) is 45.7 Å². The number of fused-ring (bicyclic) bond motifs is 1. The molecule has 2 aromatic rings. The van der Waals surface area contributed by atoms with E-state index in [0.717, 1.165) is 30.9 Å². The number of rotatable bonds is 6. The van der Waals surface area contributed by atoms with Gasteiger partial charge in [-0.15, -0.1) is 0 Å². The van der Waals surface area contributed by atoms with Crippen molar-refractivity contribution >= 4 is 11.8 Å². The molecule has 128 valence electrons. The molecule has 0 aliphatic carbocycles. The van der Waals surface area contributed by atoms with Crippen LogP contribution in [0.3, 0.4) is 0 Å². The molecule has 0 amide bonds. The molecular weight excluding hydrogens is 300 g/mol. The van der Waals surface area contributed by atoms with E-state index in [0.29, 0.717) is 25.0 Å². The van der Waals surface area contributed by atoms with E-state index < -0.39 is 0 Å². The summed E-state index contributed by atoms with van der Waals surface area (Å²) in [6, 6.07) is 11.2. The first-order valence-corrected chi connectivity index (χ1v) is 8.77. The Morgan fingerprint density at radius 2 is 2.04 bits per heavy atom. The quantitative estimate of drug-likeness (QED) is 0.799. The fourth-order valence-corrected chi connectivity index (χ4v) is 3.16. The standard InChI is InChI=1S/C19H26N4O/c1-3-17-12-18(22-19(21-17)20-9-6-10-24)23-13-16-8-5-4-7-15(16)11-14(23)2/h4-5,7-8,12,14,24H,3,6,9-11,13H2,1-2H3,(H,20,21,22)/t14-/m0/s1. The largest absolute Gasteiger partial charge is 0.396 e. The summed E-state index contributed by atoms with van der Waals surface area (Å²) in [5, 5.41) is 12.2. The van der Waals surface area contributed by atoms with E-state index in [1.807, 2.05) is 0 Å². The molecule has 0 unspecified atom stereocenters. The maximum absolute atomic E-state index is 8.94. The normalized spacial score (nSPS) is 16.8. The molecule has 0 bridgehead atoms. The molecule has 1 aromatic carbocycles. The fourth-order valence-electron chi connectivity index (χ4n) is 3.16. The van der Waals surface area contributed by atoms with Crippen molar-refractivity contribution in [2.75, 3.05) is 23.4 Å². The summed E-state index contributed by atoms with van der Waals surface area (Å²) in [4.78, 5) is 11.6. The van der Waals surface area contributed by atoms with E-state index in [2.05, 4.69) is 59.4 Å². The van der Waals surface area contributed by atoms with Crippen molar-refractivity contribution < 1.29 is 5.11 Å². The lowest BCUT2D eigenvalue weighted by Crippen LogP contribution is -2.39. The van der Waals surface area contributed by atoms with E-state index in [9.17, 15) is 0 Å². The van der Waals surface area contributed by atoms with Gasteiger partial charge in [-0.3, -0.25) is 0 Å². The summed E-state index contributed by atoms with van der Waals surface area (Å²) >= 11 is 0. The van der Waals surface area contributed by atoms with E-state index in [1.165, 1.54) is 11.1 Å². The van der Waals surface area contributed by atoms with Gasteiger partial charge in [0, 0.05) is 37.5 Å². The van der Waals surface area contributed by atoms with Gasteiger partial charge in [-0.25, -0.2) is 4.98 Å². The maximum Gasteiger partial charge on any atom is 0.224 e. The van der Waals surface area contributed by atoms with Gasteiger partial charge < -0.3 is 15.3 Å². The zero-order chi connectivity index (χ0) is 16.9. The summed E-state index contributed by atoms with van der Waals surface area (Å²) in [5.41, 5.74) is 3.85. The first kappa shape index (κ1) is 16.7. The number of hydrogen-bond acceptors (Lipinski definition) is 5. The fraction of sp³-hybridized carbons (Fsp3) is 0.474. The van der Waals surface area contributed by atoms with Crippen molar-refractivity contribution in [3.63, 3.8) is 0 Å². The van der Waals surface area contributed by atoms with Crippen LogP contribution in [0.25, 0.3) is 0 Å². The number of nitrogens with one attached hydrogen (secondary N) is 1. The molecule has 0 radical (unpaired) electrons. The molecule has 0 fully saturated rings. The third-order valence-corrected chi connectivity index (χ3v) is 4.55. The second-order valence-corrected chi connectivity index (χ2v) is 6.35. The molecule has 24 heavy (non-hydrogen) atoms. The van der Waals surface area contributed by atoms with E-state index in [4.69, 9.17) is 10.1 Å². The maximum atomic E-state index is 8.94. The second-order valence-electron chi connectivity index (χ2n) is 6.35. The van der Waals surface area contributed by atoms with Crippen LogP contribution in [-0.4, -0.2) is 34.3 Å². The lowest BCUT2D eigenvalue weighted by atomic mass is 9.95. The molecule has 1 aromatic heterocycles. The highest BCUT2D eigenvalue weighted by atomic mass is 16.3. The SMILES string of the molecule is CCc1cc(N2Cc3ccccc3C[C@@H]2C)nc(NCCCO)n1. The summed E-state index contributed by atoms with van der Waals surface area (Å²) < 4.78 is 0. The zero-order valence-corrected chi connectivity index (χ0v) is 14.5. The molecule has 2 N–H and O–H groups in total. The van der Waals surface area contributed by atoms with Gasteiger partial charge in [0.05, 0.1) is 0 Å². The van der Waals surface area contributed by atoms with Crippen molar-refractivity contribution in [2.24, 2.45) is 0 Å². The minimum atomic E-state index is 0.174. The molecule has 3 rings (SSSR count). The molecule has 5 nitrogen and oxygen atoms in total. The third kappa shape index (κ3) is 3.67. The van der Waals surface area contributed by atoms with Crippen LogP contribution in [0.5, 0.6) is 0 Å². The number of benzene rings is 1. The summed E-state index contributed by atoms with van der Waals surface area (Å²) in [6.07, 6.45) is 2.61. The third-order valence-electron chi connectivity index (χ3n) is 4.55. The Bertz CT molecular complexity index is 689. The van der Waals surface area contributed by atoms with Crippen LogP contribution in [0.15, 0.2) is 30.3 Å². The van der Waals surface area contributed by atoms with E-state index in [1.54, 1.807) is 0 Å². The monoisotopic (exact) mass is 326 g/mol. The van der Waals surface area contributed by atoms with Crippen LogP contribution in [0.1, 0.15) is 37.1 Å². The molecule has 2 heterocycles. The number of aryl methyl sites for hydroxylation is 1. The Morgan fingerprint density at radius 1 is 1.25 bits per heavy atom. The van der Waals surface area contributed by atoms with Crippen molar-refractivity contribution in [3.8, 4) is 0 Å². The topological polar surface area (TPSA) is 61.3 Å². The van der Waals surface area contributed by atoms with Gasteiger partial charge in [0.15, 0.2) is 0 Å².